The number of carbonyl (C=O) groups excluding carboxylic acids is 1. The first-order valence-electron chi connectivity index (χ1n) is 5.10. The van der Waals surface area contributed by atoms with Gasteiger partial charge < -0.3 is 9.73 Å². The van der Waals surface area contributed by atoms with E-state index in [1.165, 1.54) is 0 Å². The number of anilines is 1. The largest absolute Gasteiger partial charge is 0.464 e. The van der Waals surface area contributed by atoms with Crippen molar-refractivity contribution in [1.29, 1.82) is 0 Å². The van der Waals surface area contributed by atoms with Crippen LogP contribution in [0.4, 0.5) is 5.69 Å². The predicted octanol–water partition coefficient (Wildman–Crippen LogP) is 3.53. The number of fused-ring (bicyclic) bond motifs is 1. The highest BCUT2D eigenvalue weighted by Gasteiger charge is 2.23. The number of nitrogens with one attached hydrogen (secondary N) is 1. The summed E-state index contributed by atoms with van der Waals surface area (Å²) in [6, 6.07) is 9.42. The predicted molar refractivity (Wildman–Crippen MR) is 69.4 cm³/mol. The number of rotatable bonds is 1. The summed E-state index contributed by atoms with van der Waals surface area (Å²) in [5, 5.41) is 2.81. The third-order valence-electron chi connectivity index (χ3n) is 2.58. The number of carbonyl (C=O) groups is 1. The van der Waals surface area contributed by atoms with E-state index in [0.717, 1.165) is 15.7 Å². The second kappa shape index (κ2) is 3.89. The van der Waals surface area contributed by atoms with Crippen molar-refractivity contribution in [1.82, 2.24) is 0 Å². The van der Waals surface area contributed by atoms with Crippen molar-refractivity contribution >= 4 is 39.2 Å². The molecule has 0 saturated heterocycles. The highest BCUT2D eigenvalue weighted by molar-refractivity contribution is 9.10. The molecule has 0 saturated carbocycles. The molecule has 3 rings (SSSR count). The summed E-state index contributed by atoms with van der Waals surface area (Å²) in [5.41, 5.74) is 2.38. The summed E-state index contributed by atoms with van der Waals surface area (Å²) in [7, 11) is 0. The van der Waals surface area contributed by atoms with E-state index in [1.54, 1.807) is 12.3 Å². The third kappa shape index (κ3) is 1.80. The lowest BCUT2D eigenvalue weighted by molar-refractivity contribution is -0.110. The number of hydrogen-bond donors (Lipinski definition) is 1. The Morgan fingerprint density at radius 3 is 2.88 bits per heavy atom. The van der Waals surface area contributed by atoms with E-state index in [4.69, 9.17) is 4.42 Å². The van der Waals surface area contributed by atoms with Gasteiger partial charge in [-0.1, -0.05) is 18.2 Å². The summed E-state index contributed by atoms with van der Waals surface area (Å²) >= 11 is 3.30. The molecule has 2 heterocycles. The Hall–Kier alpha value is -1.81. The van der Waals surface area contributed by atoms with Crippen molar-refractivity contribution in [2.75, 3.05) is 5.32 Å². The molecule has 1 aliphatic heterocycles. The average molecular weight is 290 g/mol. The first kappa shape index (κ1) is 10.4. The molecule has 1 aromatic heterocycles. The van der Waals surface area contributed by atoms with Crippen molar-refractivity contribution < 1.29 is 9.21 Å². The second-order valence-electron chi connectivity index (χ2n) is 3.73. The molecule has 0 atom stereocenters. The van der Waals surface area contributed by atoms with Gasteiger partial charge in [0.25, 0.3) is 5.91 Å². The van der Waals surface area contributed by atoms with Crippen LogP contribution in [0.3, 0.4) is 0 Å². The maximum atomic E-state index is 11.8. The summed E-state index contributed by atoms with van der Waals surface area (Å²) < 4.78 is 6.14. The monoisotopic (exact) mass is 289 g/mol. The van der Waals surface area contributed by atoms with E-state index < -0.39 is 0 Å². The van der Waals surface area contributed by atoms with Crippen molar-refractivity contribution in [2.45, 2.75) is 0 Å². The Kier molecular flexibility index (Phi) is 2.37. The van der Waals surface area contributed by atoms with E-state index in [-0.39, 0.29) is 5.91 Å². The summed E-state index contributed by atoms with van der Waals surface area (Å²) in [6.45, 7) is 0. The van der Waals surface area contributed by atoms with Gasteiger partial charge in [0.05, 0.1) is 10.0 Å². The molecule has 1 aliphatic rings. The molecule has 0 unspecified atom stereocenters. The minimum Gasteiger partial charge on any atom is -0.464 e. The quantitative estimate of drug-likeness (QED) is 0.816. The zero-order valence-corrected chi connectivity index (χ0v) is 10.3. The maximum absolute atomic E-state index is 11.8. The standard InChI is InChI=1S/C13H8BrNO2/c14-8-5-9(17-7-8)6-11-10-3-1-2-4-12(10)15-13(11)16/h1-7H,(H,15,16)/b11-6-. The fourth-order valence-corrected chi connectivity index (χ4v) is 2.15. The molecule has 2 aromatic rings. The van der Waals surface area contributed by atoms with Crippen molar-refractivity contribution in [2.24, 2.45) is 0 Å². The minimum absolute atomic E-state index is 0.0984. The minimum atomic E-state index is -0.0984. The topological polar surface area (TPSA) is 42.2 Å². The van der Waals surface area contributed by atoms with Gasteiger partial charge in [0.1, 0.15) is 12.0 Å². The Morgan fingerprint density at radius 1 is 1.29 bits per heavy atom. The van der Waals surface area contributed by atoms with E-state index in [2.05, 4.69) is 21.2 Å². The number of halogens is 1. The van der Waals surface area contributed by atoms with Gasteiger partial charge in [-0.25, -0.2) is 0 Å². The number of benzene rings is 1. The van der Waals surface area contributed by atoms with Gasteiger partial charge in [0.2, 0.25) is 0 Å². The van der Waals surface area contributed by atoms with Crippen molar-refractivity contribution in [3.8, 4) is 0 Å². The molecule has 0 bridgehead atoms. The van der Waals surface area contributed by atoms with Crippen LogP contribution in [0.5, 0.6) is 0 Å². The van der Waals surface area contributed by atoms with Gasteiger partial charge in [0, 0.05) is 11.3 Å². The van der Waals surface area contributed by atoms with Crippen LogP contribution < -0.4 is 5.32 Å². The zero-order valence-electron chi connectivity index (χ0n) is 8.74. The molecular formula is C13H8BrNO2. The Bertz CT molecular complexity index is 628. The van der Waals surface area contributed by atoms with Crippen LogP contribution in [0.2, 0.25) is 0 Å². The van der Waals surface area contributed by atoms with Gasteiger partial charge in [0.15, 0.2) is 0 Å². The van der Waals surface area contributed by atoms with Gasteiger partial charge in [-0.3, -0.25) is 4.79 Å². The molecular weight excluding hydrogens is 282 g/mol. The lowest BCUT2D eigenvalue weighted by atomic mass is 10.1. The molecule has 3 nitrogen and oxygen atoms in total. The highest BCUT2D eigenvalue weighted by Crippen LogP contribution is 2.33. The Balaban J connectivity index is 2.09. The molecule has 0 radical (unpaired) electrons. The Morgan fingerprint density at radius 2 is 2.12 bits per heavy atom. The third-order valence-corrected chi connectivity index (χ3v) is 3.00. The smallest absolute Gasteiger partial charge is 0.256 e. The van der Waals surface area contributed by atoms with Crippen LogP contribution in [0.1, 0.15) is 11.3 Å². The van der Waals surface area contributed by atoms with E-state index in [0.29, 0.717) is 11.3 Å². The molecule has 17 heavy (non-hydrogen) atoms. The molecule has 84 valence electrons. The second-order valence-corrected chi connectivity index (χ2v) is 4.64. The van der Waals surface area contributed by atoms with Crippen LogP contribution in [0.25, 0.3) is 11.6 Å². The van der Waals surface area contributed by atoms with Gasteiger partial charge in [-0.15, -0.1) is 0 Å². The normalized spacial score (nSPS) is 16.1. The summed E-state index contributed by atoms with van der Waals surface area (Å²) in [4.78, 5) is 11.8. The van der Waals surface area contributed by atoms with Gasteiger partial charge in [-0.2, -0.15) is 0 Å². The van der Waals surface area contributed by atoms with Crippen molar-refractivity contribution in [3.05, 3.63) is 52.4 Å². The lowest BCUT2D eigenvalue weighted by Gasteiger charge is -1.95. The van der Waals surface area contributed by atoms with Crippen molar-refractivity contribution in [3.63, 3.8) is 0 Å². The Labute approximate surface area is 106 Å². The summed E-state index contributed by atoms with van der Waals surface area (Å²) in [6.07, 6.45) is 3.33. The van der Waals surface area contributed by atoms with E-state index >= 15 is 0 Å². The first-order chi connectivity index (χ1) is 8.24. The van der Waals surface area contributed by atoms with Crippen LogP contribution in [-0.4, -0.2) is 5.91 Å². The van der Waals surface area contributed by atoms with Crippen LogP contribution >= 0.6 is 15.9 Å². The van der Waals surface area contributed by atoms with E-state index in [9.17, 15) is 4.79 Å². The summed E-state index contributed by atoms with van der Waals surface area (Å²) in [5.74, 6) is 0.553. The van der Waals surface area contributed by atoms with Gasteiger partial charge in [-0.05, 0) is 34.1 Å². The molecule has 1 N–H and O–H groups in total. The van der Waals surface area contributed by atoms with Crippen LogP contribution in [0.15, 0.2) is 45.5 Å². The lowest BCUT2D eigenvalue weighted by Crippen LogP contribution is -2.03. The fraction of sp³-hybridized carbons (Fsp3) is 0. The highest BCUT2D eigenvalue weighted by atomic mass is 79.9. The average Bonchev–Trinajstić information content (AvgIpc) is 2.85. The first-order valence-corrected chi connectivity index (χ1v) is 5.90. The number of hydrogen-bond acceptors (Lipinski definition) is 2. The van der Waals surface area contributed by atoms with Crippen LogP contribution in [0, 0.1) is 0 Å². The molecule has 0 spiro atoms. The maximum Gasteiger partial charge on any atom is 0.256 e. The van der Waals surface area contributed by atoms with Gasteiger partial charge >= 0.3 is 0 Å². The molecule has 0 aliphatic carbocycles. The molecule has 1 amide bonds. The van der Waals surface area contributed by atoms with Crippen LogP contribution in [-0.2, 0) is 4.79 Å². The molecule has 0 fully saturated rings. The number of amides is 1. The molecule has 4 heteroatoms. The zero-order chi connectivity index (χ0) is 11.8. The van der Waals surface area contributed by atoms with E-state index in [1.807, 2.05) is 30.3 Å². The SMILES string of the molecule is O=C1Nc2ccccc2/C1=C/c1cc(Br)co1. The number of furan rings is 1. The fourth-order valence-electron chi connectivity index (χ4n) is 1.83. The molecule has 1 aromatic carbocycles. The number of para-hydroxylation sites is 1.